The van der Waals surface area contributed by atoms with E-state index in [1.807, 2.05) is 12.1 Å². The Labute approximate surface area is 167 Å². The Kier molecular flexibility index (Phi) is 10.2. The lowest BCUT2D eigenvalue weighted by molar-refractivity contribution is 0.509. The predicted molar refractivity (Wildman–Crippen MR) is 114 cm³/mol. The summed E-state index contributed by atoms with van der Waals surface area (Å²) in [7, 11) is 0. The molecule has 6 heteroatoms. The first-order chi connectivity index (χ1) is 11.7. The fourth-order valence-electron chi connectivity index (χ4n) is 2.30. The molecule has 0 unspecified atom stereocenters. The minimum Gasteiger partial charge on any atom is -0.439 e. The number of unbranched alkanes of at least 4 members (excludes halogenated alkanes) is 2. The van der Waals surface area contributed by atoms with Crippen molar-refractivity contribution in [2.75, 3.05) is 13.1 Å². The molecule has 0 amide bonds. The zero-order valence-corrected chi connectivity index (χ0v) is 17.7. The number of aryl methyl sites for hydroxylation is 1. The van der Waals surface area contributed by atoms with Crippen molar-refractivity contribution in [1.82, 2.24) is 15.6 Å². The van der Waals surface area contributed by atoms with E-state index in [1.165, 1.54) is 18.4 Å². The smallest absolute Gasteiger partial charge is 0.216 e. The van der Waals surface area contributed by atoms with Gasteiger partial charge in [0.2, 0.25) is 5.89 Å². The molecule has 0 saturated heterocycles. The van der Waals surface area contributed by atoms with Gasteiger partial charge in [-0.25, -0.2) is 9.98 Å². The molecule has 138 valence electrons. The van der Waals surface area contributed by atoms with E-state index in [2.05, 4.69) is 53.5 Å². The summed E-state index contributed by atoms with van der Waals surface area (Å²) in [6.07, 6.45) is 5.36. The van der Waals surface area contributed by atoms with Crippen LogP contribution >= 0.6 is 24.0 Å². The maximum absolute atomic E-state index is 5.81. The molecule has 2 aromatic rings. The summed E-state index contributed by atoms with van der Waals surface area (Å²) in [6.45, 7) is 8.52. The Morgan fingerprint density at radius 2 is 1.88 bits per heavy atom. The van der Waals surface area contributed by atoms with E-state index < -0.39 is 0 Å². The third-order valence-corrected chi connectivity index (χ3v) is 3.68. The number of aliphatic imine (C=N–C) groups is 1. The first kappa shape index (κ1) is 21.5. The maximum atomic E-state index is 5.81. The fourth-order valence-corrected chi connectivity index (χ4v) is 2.30. The van der Waals surface area contributed by atoms with Gasteiger partial charge in [0.1, 0.15) is 6.54 Å². The lowest BCUT2D eigenvalue weighted by atomic mass is 10.1. The second-order valence-corrected chi connectivity index (χ2v) is 5.81. The molecule has 5 nitrogen and oxygen atoms in total. The molecule has 1 aromatic carbocycles. The quantitative estimate of drug-likeness (QED) is 0.266. The molecule has 0 bridgehead atoms. The van der Waals surface area contributed by atoms with Crippen LogP contribution in [0.3, 0.4) is 0 Å². The third kappa shape index (κ3) is 7.46. The molecule has 0 aliphatic rings. The Morgan fingerprint density at radius 3 is 2.56 bits per heavy atom. The van der Waals surface area contributed by atoms with Crippen LogP contribution < -0.4 is 10.6 Å². The van der Waals surface area contributed by atoms with Gasteiger partial charge >= 0.3 is 0 Å². The van der Waals surface area contributed by atoms with Gasteiger partial charge in [0.15, 0.2) is 11.7 Å². The maximum Gasteiger partial charge on any atom is 0.216 e. The van der Waals surface area contributed by atoms with E-state index in [0.717, 1.165) is 36.8 Å². The van der Waals surface area contributed by atoms with Crippen molar-refractivity contribution in [3.8, 4) is 11.3 Å². The number of nitrogens with one attached hydrogen (secondary N) is 2. The van der Waals surface area contributed by atoms with E-state index in [-0.39, 0.29) is 24.0 Å². The molecule has 0 atom stereocenters. The normalized spacial score (nSPS) is 11.1. The minimum atomic E-state index is 0. The number of nitrogens with zero attached hydrogens (tertiary/aromatic N) is 2. The Balaban J connectivity index is 0.00000312. The first-order valence-corrected chi connectivity index (χ1v) is 8.76. The van der Waals surface area contributed by atoms with Crippen LogP contribution in [0.4, 0.5) is 0 Å². The summed E-state index contributed by atoms with van der Waals surface area (Å²) in [6, 6.07) is 8.23. The van der Waals surface area contributed by atoms with Crippen molar-refractivity contribution in [3.05, 3.63) is 41.9 Å². The van der Waals surface area contributed by atoms with Gasteiger partial charge in [-0.3, -0.25) is 0 Å². The Bertz CT molecular complexity index is 637. The predicted octanol–water partition coefficient (Wildman–Crippen LogP) is 4.51. The number of guanidine groups is 1. The molecule has 0 radical (unpaired) electrons. The van der Waals surface area contributed by atoms with Crippen molar-refractivity contribution < 1.29 is 4.42 Å². The number of hydrogen-bond donors (Lipinski definition) is 2. The summed E-state index contributed by atoms with van der Waals surface area (Å²) in [5.74, 6) is 2.21. The van der Waals surface area contributed by atoms with Crippen LogP contribution in [-0.4, -0.2) is 24.0 Å². The molecule has 1 aromatic heterocycles. The highest BCUT2D eigenvalue weighted by molar-refractivity contribution is 14.0. The largest absolute Gasteiger partial charge is 0.439 e. The molecule has 2 rings (SSSR count). The molecule has 2 N–H and O–H groups in total. The standard InChI is InChI=1S/C19H28N4O.HI/c1-4-6-7-12-21-19(20-5-2)23-14-18-22-13-17(24-18)16-10-8-15(3)9-11-16;/h8-11,13H,4-7,12,14H2,1-3H3,(H2,20,21,23);1H. The van der Waals surface area contributed by atoms with Gasteiger partial charge in [-0.05, 0) is 20.3 Å². The van der Waals surface area contributed by atoms with Crippen molar-refractivity contribution >= 4 is 29.9 Å². The molecule has 25 heavy (non-hydrogen) atoms. The van der Waals surface area contributed by atoms with Gasteiger partial charge in [0.25, 0.3) is 0 Å². The lowest BCUT2D eigenvalue weighted by Gasteiger charge is -2.10. The lowest BCUT2D eigenvalue weighted by Crippen LogP contribution is -2.37. The summed E-state index contributed by atoms with van der Waals surface area (Å²) in [5, 5.41) is 6.58. The second-order valence-electron chi connectivity index (χ2n) is 5.81. The van der Waals surface area contributed by atoms with Crippen LogP contribution in [0.1, 0.15) is 44.6 Å². The molecule has 1 heterocycles. The number of aromatic nitrogens is 1. The van der Waals surface area contributed by atoms with Gasteiger partial charge in [0, 0.05) is 18.7 Å². The molecule has 0 aliphatic heterocycles. The number of oxazole rings is 1. The van der Waals surface area contributed by atoms with Crippen LogP contribution in [0.2, 0.25) is 0 Å². The van der Waals surface area contributed by atoms with Crippen LogP contribution in [0.15, 0.2) is 39.9 Å². The number of halogens is 1. The van der Waals surface area contributed by atoms with Gasteiger partial charge < -0.3 is 15.1 Å². The third-order valence-electron chi connectivity index (χ3n) is 3.68. The molecule has 0 aliphatic carbocycles. The summed E-state index contributed by atoms with van der Waals surface area (Å²) >= 11 is 0. The molecular formula is C19H29IN4O. The highest BCUT2D eigenvalue weighted by Gasteiger charge is 2.06. The Morgan fingerprint density at radius 1 is 1.12 bits per heavy atom. The number of benzene rings is 1. The van der Waals surface area contributed by atoms with Crippen LogP contribution in [0.25, 0.3) is 11.3 Å². The first-order valence-electron chi connectivity index (χ1n) is 8.76. The zero-order valence-electron chi connectivity index (χ0n) is 15.3. The molecular weight excluding hydrogens is 427 g/mol. The SMILES string of the molecule is CCCCCNC(=NCc1ncc(-c2ccc(C)cc2)o1)NCC.I. The zero-order chi connectivity index (χ0) is 17.2. The highest BCUT2D eigenvalue weighted by Crippen LogP contribution is 2.20. The van der Waals surface area contributed by atoms with Crippen molar-refractivity contribution in [1.29, 1.82) is 0 Å². The average molecular weight is 456 g/mol. The van der Waals surface area contributed by atoms with Gasteiger partial charge in [-0.2, -0.15) is 0 Å². The summed E-state index contributed by atoms with van der Waals surface area (Å²) in [5.41, 5.74) is 2.26. The van der Waals surface area contributed by atoms with Gasteiger partial charge in [0.05, 0.1) is 6.20 Å². The Hall–Kier alpha value is -1.57. The van der Waals surface area contributed by atoms with Crippen LogP contribution in [0, 0.1) is 6.92 Å². The minimum absolute atomic E-state index is 0. The number of rotatable bonds is 8. The molecule has 0 fully saturated rings. The van der Waals surface area contributed by atoms with E-state index in [1.54, 1.807) is 6.20 Å². The van der Waals surface area contributed by atoms with Crippen molar-refractivity contribution in [3.63, 3.8) is 0 Å². The van der Waals surface area contributed by atoms with Gasteiger partial charge in [-0.15, -0.1) is 24.0 Å². The summed E-state index contributed by atoms with van der Waals surface area (Å²) < 4.78 is 5.81. The monoisotopic (exact) mass is 456 g/mol. The summed E-state index contributed by atoms with van der Waals surface area (Å²) in [4.78, 5) is 8.87. The van der Waals surface area contributed by atoms with Crippen molar-refractivity contribution in [2.24, 2.45) is 4.99 Å². The van der Waals surface area contributed by atoms with E-state index in [0.29, 0.717) is 12.4 Å². The topological polar surface area (TPSA) is 62.5 Å². The highest BCUT2D eigenvalue weighted by atomic mass is 127. The van der Waals surface area contributed by atoms with E-state index >= 15 is 0 Å². The molecule has 0 saturated carbocycles. The van der Waals surface area contributed by atoms with Gasteiger partial charge in [-0.1, -0.05) is 49.6 Å². The second kappa shape index (κ2) is 11.9. The van der Waals surface area contributed by atoms with Crippen molar-refractivity contribution in [2.45, 2.75) is 46.6 Å². The fraction of sp³-hybridized carbons (Fsp3) is 0.474. The molecule has 0 spiro atoms. The number of hydrogen-bond acceptors (Lipinski definition) is 3. The average Bonchev–Trinajstić information content (AvgIpc) is 3.06. The van der Waals surface area contributed by atoms with E-state index in [4.69, 9.17) is 4.42 Å². The van der Waals surface area contributed by atoms with E-state index in [9.17, 15) is 0 Å². The van der Waals surface area contributed by atoms with Crippen LogP contribution in [-0.2, 0) is 6.54 Å². The van der Waals surface area contributed by atoms with Crippen LogP contribution in [0.5, 0.6) is 0 Å².